The molecule has 2 aromatic rings. The summed E-state index contributed by atoms with van der Waals surface area (Å²) in [7, 11) is 0. The second kappa shape index (κ2) is 9.74. The predicted molar refractivity (Wildman–Crippen MR) is 133 cm³/mol. The lowest BCUT2D eigenvalue weighted by Gasteiger charge is -2.27. The van der Waals surface area contributed by atoms with Gasteiger partial charge in [0.05, 0.1) is 5.39 Å². The highest BCUT2D eigenvalue weighted by molar-refractivity contribution is 9.10. The molecule has 0 radical (unpaired) electrons. The molecule has 0 aliphatic heterocycles. The van der Waals surface area contributed by atoms with E-state index in [4.69, 9.17) is 9.47 Å². The number of fused-ring (bicyclic) bond motifs is 1. The van der Waals surface area contributed by atoms with Gasteiger partial charge in [-0.05, 0) is 87.8 Å². The summed E-state index contributed by atoms with van der Waals surface area (Å²) in [5.74, 6) is 0.487. The van der Waals surface area contributed by atoms with Gasteiger partial charge in [0.1, 0.15) is 15.9 Å². The second-order valence-corrected chi connectivity index (χ2v) is 12.1. The maximum atomic E-state index is 13.2. The van der Waals surface area contributed by atoms with Gasteiger partial charge in [-0.3, -0.25) is 4.79 Å². The van der Waals surface area contributed by atoms with Gasteiger partial charge < -0.3 is 14.0 Å². The normalized spacial score (nSPS) is 15.5. The molecule has 2 heterocycles. The minimum Gasteiger partial charge on any atom is -0.443 e. The van der Waals surface area contributed by atoms with Gasteiger partial charge in [-0.15, -0.1) is 0 Å². The third-order valence-corrected chi connectivity index (χ3v) is 6.61. The number of imide groups is 1. The van der Waals surface area contributed by atoms with E-state index in [1.807, 2.05) is 0 Å². The van der Waals surface area contributed by atoms with Crippen LogP contribution in [-0.4, -0.2) is 32.3 Å². The Labute approximate surface area is 206 Å². The molecular formula is C23H32BrN3O5S. The van der Waals surface area contributed by atoms with E-state index in [0.717, 1.165) is 29.3 Å². The first-order chi connectivity index (χ1) is 15.3. The van der Waals surface area contributed by atoms with E-state index in [0.29, 0.717) is 27.0 Å². The zero-order valence-electron chi connectivity index (χ0n) is 20.1. The van der Waals surface area contributed by atoms with Gasteiger partial charge in [0, 0.05) is 17.2 Å². The summed E-state index contributed by atoms with van der Waals surface area (Å²) in [5, 5.41) is 0.390. The van der Waals surface area contributed by atoms with Gasteiger partial charge in [-0.25, -0.2) is 9.59 Å². The molecule has 2 aromatic heterocycles. The van der Waals surface area contributed by atoms with Crippen molar-refractivity contribution in [3.8, 4) is 0 Å². The molecule has 0 spiro atoms. The Kier molecular flexibility index (Phi) is 7.58. The van der Waals surface area contributed by atoms with Crippen molar-refractivity contribution in [3.05, 3.63) is 21.0 Å². The zero-order valence-corrected chi connectivity index (χ0v) is 22.5. The van der Waals surface area contributed by atoms with Crippen molar-refractivity contribution < 1.29 is 19.1 Å². The summed E-state index contributed by atoms with van der Waals surface area (Å²) in [6, 6.07) is 0. The summed E-state index contributed by atoms with van der Waals surface area (Å²) in [6.07, 6.45) is 5.74. The topological polar surface area (TPSA) is 90.7 Å². The quantitative estimate of drug-likeness (QED) is 0.441. The number of carbonyl (C=O) groups is 2. The van der Waals surface area contributed by atoms with Crippen LogP contribution in [0.4, 0.5) is 15.4 Å². The molecular weight excluding hydrogens is 510 g/mol. The molecule has 1 fully saturated rings. The molecule has 0 unspecified atom stereocenters. The zero-order chi connectivity index (χ0) is 24.6. The largest absolute Gasteiger partial charge is 0.443 e. The Morgan fingerprint density at radius 2 is 1.64 bits per heavy atom. The van der Waals surface area contributed by atoms with Gasteiger partial charge in [-0.1, -0.05) is 19.3 Å². The molecule has 2 amide bonds. The maximum Gasteiger partial charge on any atom is 0.425 e. The van der Waals surface area contributed by atoms with Gasteiger partial charge in [0.15, 0.2) is 5.82 Å². The molecule has 1 saturated carbocycles. The summed E-state index contributed by atoms with van der Waals surface area (Å²) in [4.78, 5) is 40.1. The number of hydrogen-bond acceptors (Lipinski definition) is 7. The Balaban J connectivity index is 2.05. The molecule has 1 aliphatic carbocycles. The Morgan fingerprint density at radius 3 is 2.15 bits per heavy atom. The highest BCUT2D eigenvalue weighted by Crippen LogP contribution is 2.35. The highest BCUT2D eigenvalue weighted by Gasteiger charge is 2.36. The molecule has 0 aromatic carbocycles. The van der Waals surface area contributed by atoms with Crippen LogP contribution in [0, 0.1) is 5.92 Å². The van der Waals surface area contributed by atoms with E-state index < -0.39 is 23.4 Å². The fourth-order valence-corrected chi connectivity index (χ4v) is 5.42. The number of aromatic nitrogens is 2. The van der Waals surface area contributed by atoms with E-state index in [2.05, 4.69) is 20.3 Å². The van der Waals surface area contributed by atoms with Crippen LogP contribution in [0.25, 0.3) is 10.1 Å². The third kappa shape index (κ3) is 6.35. The van der Waals surface area contributed by atoms with Crippen LogP contribution >= 0.6 is 27.5 Å². The highest BCUT2D eigenvalue weighted by atomic mass is 79.9. The molecule has 0 atom stereocenters. The van der Waals surface area contributed by atoms with E-state index in [-0.39, 0.29) is 11.4 Å². The first-order valence-electron chi connectivity index (χ1n) is 11.2. The average Bonchev–Trinajstić information content (AvgIpc) is 3.09. The van der Waals surface area contributed by atoms with Crippen LogP contribution in [0.5, 0.6) is 0 Å². The average molecular weight is 542 g/mol. The van der Waals surface area contributed by atoms with E-state index in [1.165, 1.54) is 19.3 Å². The Hall–Kier alpha value is -1.94. The van der Waals surface area contributed by atoms with Crippen molar-refractivity contribution >= 4 is 55.6 Å². The predicted octanol–water partition coefficient (Wildman–Crippen LogP) is 6.48. The van der Waals surface area contributed by atoms with Crippen LogP contribution < -0.4 is 10.5 Å². The molecule has 10 heteroatoms. The Bertz CT molecular complexity index is 1060. The molecule has 1 aliphatic rings. The van der Waals surface area contributed by atoms with Crippen molar-refractivity contribution in [2.24, 2.45) is 5.92 Å². The summed E-state index contributed by atoms with van der Waals surface area (Å²) < 4.78 is 17.9. The molecule has 3 rings (SSSR count). The van der Waals surface area contributed by atoms with Crippen LogP contribution in [-0.2, 0) is 16.0 Å². The van der Waals surface area contributed by atoms with Crippen LogP contribution in [0.1, 0.15) is 73.6 Å². The summed E-state index contributed by atoms with van der Waals surface area (Å²) in [5.41, 5.74) is -1.86. The van der Waals surface area contributed by atoms with E-state index >= 15 is 0 Å². The number of nitrogens with zero attached hydrogens (tertiary/aromatic N) is 3. The SMILES string of the molecule is CC(C)(C)OC(=O)N(C(=O)OC(C)(C)C)c1nsc2c(=O)n(CC3CCCCC3)cc(Br)c12. The monoisotopic (exact) mass is 541 g/mol. The molecule has 0 bridgehead atoms. The smallest absolute Gasteiger partial charge is 0.425 e. The van der Waals surface area contributed by atoms with Gasteiger partial charge in [0.25, 0.3) is 5.56 Å². The second-order valence-electron chi connectivity index (χ2n) is 10.4. The number of anilines is 1. The van der Waals surface area contributed by atoms with Crippen LogP contribution in [0.2, 0.25) is 0 Å². The summed E-state index contributed by atoms with van der Waals surface area (Å²) >= 11 is 4.50. The maximum absolute atomic E-state index is 13.2. The third-order valence-electron chi connectivity index (χ3n) is 5.18. The van der Waals surface area contributed by atoms with Crippen LogP contribution in [0.15, 0.2) is 15.5 Å². The van der Waals surface area contributed by atoms with E-state index in [9.17, 15) is 14.4 Å². The lowest BCUT2D eigenvalue weighted by Crippen LogP contribution is -2.44. The number of carbonyl (C=O) groups excluding carboxylic acids is 2. The fraction of sp³-hybridized carbons (Fsp3) is 0.652. The number of hydrogen-bond donors (Lipinski definition) is 0. The molecule has 0 saturated heterocycles. The first-order valence-corrected chi connectivity index (χ1v) is 12.8. The Morgan fingerprint density at radius 1 is 1.09 bits per heavy atom. The fourth-order valence-electron chi connectivity index (χ4n) is 3.83. The summed E-state index contributed by atoms with van der Waals surface area (Å²) in [6.45, 7) is 10.9. The number of halogens is 1. The van der Waals surface area contributed by atoms with Gasteiger partial charge in [-0.2, -0.15) is 9.27 Å². The van der Waals surface area contributed by atoms with Gasteiger partial charge in [0.2, 0.25) is 0 Å². The van der Waals surface area contributed by atoms with Crippen molar-refractivity contribution in [2.45, 2.75) is 91.4 Å². The first kappa shape index (κ1) is 25.7. The number of rotatable bonds is 3. The number of ether oxygens (including phenoxy) is 2. The van der Waals surface area contributed by atoms with Crippen LogP contribution in [0.3, 0.4) is 0 Å². The minimum absolute atomic E-state index is 0.0206. The lowest BCUT2D eigenvalue weighted by molar-refractivity contribution is 0.0430. The number of pyridine rings is 1. The molecule has 8 nitrogen and oxygen atoms in total. The molecule has 33 heavy (non-hydrogen) atoms. The van der Waals surface area contributed by atoms with Gasteiger partial charge >= 0.3 is 12.2 Å². The molecule has 0 N–H and O–H groups in total. The van der Waals surface area contributed by atoms with Crippen molar-refractivity contribution in [2.75, 3.05) is 4.90 Å². The minimum atomic E-state index is -0.915. The van der Waals surface area contributed by atoms with Crippen molar-refractivity contribution in [1.82, 2.24) is 8.94 Å². The molecule has 182 valence electrons. The van der Waals surface area contributed by atoms with E-state index in [1.54, 1.807) is 52.3 Å². The lowest BCUT2D eigenvalue weighted by atomic mass is 9.89. The van der Waals surface area contributed by atoms with Crippen molar-refractivity contribution in [1.29, 1.82) is 0 Å². The van der Waals surface area contributed by atoms with Crippen molar-refractivity contribution in [3.63, 3.8) is 0 Å². The standard InChI is InChI=1S/C23H32BrN3O5S/c1-22(2,3)31-20(29)27(21(30)32-23(4,5)6)18-16-15(24)13-26(19(28)17(16)33-25-18)12-14-10-8-7-9-11-14/h13-14H,7-12H2,1-6H3. The number of amides is 2.